The van der Waals surface area contributed by atoms with Gasteiger partial charge < -0.3 is 10.5 Å². The summed E-state index contributed by atoms with van der Waals surface area (Å²) >= 11 is 5.01. The van der Waals surface area contributed by atoms with Crippen LogP contribution in [0.2, 0.25) is 0 Å². The Balaban J connectivity index is 2.05. The molecule has 20 heavy (non-hydrogen) atoms. The lowest BCUT2D eigenvalue weighted by molar-refractivity contribution is 0.317. The summed E-state index contributed by atoms with van der Waals surface area (Å²) in [5.41, 5.74) is 9.98. The minimum absolute atomic E-state index is 0.423. The molecule has 2 nitrogen and oxygen atoms in total. The summed E-state index contributed by atoms with van der Waals surface area (Å²) in [6.45, 7) is 4.71. The zero-order valence-corrected chi connectivity index (χ0v) is 12.7. The molecule has 0 unspecified atom stereocenters. The highest BCUT2D eigenvalue weighted by atomic mass is 32.1. The average molecular weight is 285 g/mol. The summed E-state index contributed by atoms with van der Waals surface area (Å²) in [6.07, 6.45) is 0.900. The van der Waals surface area contributed by atoms with Gasteiger partial charge in [0.05, 0.1) is 6.61 Å². The Bertz CT molecular complexity index is 585. The zero-order chi connectivity index (χ0) is 14.5. The molecule has 0 saturated carbocycles. The fraction of sp³-hybridized carbons (Fsp3) is 0.235. The van der Waals surface area contributed by atoms with Crippen LogP contribution in [0.3, 0.4) is 0 Å². The van der Waals surface area contributed by atoms with Crippen molar-refractivity contribution in [3.63, 3.8) is 0 Å². The number of nitrogens with two attached hydrogens (primary N) is 1. The minimum atomic E-state index is 0.423. The number of rotatable bonds is 5. The predicted molar refractivity (Wildman–Crippen MR) is 87.4 cm³/mol. The van der Waals surface area contributed by atoms with Gasteiger partial charge in [0, 0.05) is 12.0 Å². The second-order valence-electron chi connectivity index (χ2n) is 4.89. The highest BCUT2D eigenvalue weighted by molar-refractivity contribution is 7.80. The van der Waals surface area contributed by atoms with E-state index in [0.717, 1.165) is 28.9 Å². The second-order valence-corrected chi connectivity index (χ2v) is 5.33. The molecule has 0 saturated heterocycles. The van der Waals surface area contributed by atoms with Crippen molar-refractivity contribution in [2.75, 3.05) is 6.61 Å². The van der Waals surface area contributed by atoms with E-state index in [9.17, 15) is 0 Å². The van der Waals surface area contributed by atoms with E-state index in [1.165, 1.54) is 5.56 Å². The van der Waals surface area contributed by atoms with Gasteiger partial charge in [-0.2, -0.15) is 0 Å². The standard InChI is InChI=1S/C17H19NOS/c1-12-10-15(17(18)20)11-13(2)16(12)19-9-8-14-6-4-3-5-7-14/h3-7,10-11H,8-9H2,1-2H3,(H2,18,20). The highest BCUT2D eigenvalue weighted by Crippen LogP contribution is 2.25. The molecule has 0 aliphatic rings. The molecule has 0 amide bonds. The molecule has 2 N–H and O–H groups in total. The number of hydrogen-bond donors (Lipinski definition) is 1. The van der Waals surface area contributed by atoms with Gasteiger partial charge in [-0.05, 0) is 42.7 Å². The van der Waals surface area contributed by atoms with E-state index in [2.05, 4.69) is 12.1 Å². The van der Waals surface area contributed by atoms with Crippen LogP contribution in [0, 0.1) is 13.8 Å². The van der Waals surface area contributed by atoms with Crippen LogP contribution >= 0.6 is 12.2 Å². The first-order chi connectivity index (χ1) is 9.58. The van der Waals surface area contributed by atoms with Crippen LogP contribution in [-0.4, -0.2) is 11.6 Å². The zero-order valence-electron chi connectivity index (χ0n) is 11.8. The lowest BCUT2D eigenvalue weighted by atomic mass is 10.1. The first-order valence-electron chi connectivity index (χ1n) is 6.65. The lowest BCUT2D eigenvalue weighted by Crippen LogP contribution is -2.11. The molecule has 3 heteroatoms. The molecule has 0 atom stereocenters. The molecule has 2 aromatic carbocycles. The second kappa shape index (κ2) is 6.53. The molecule has 2 rings (SSSR count). The molecule has 0 radical (unpaired) electrons. The minimum Gasteiger partial charge on any atom is -0.493 e. The largest absolute Gasteiger partial charge is 0.493 e. The number of ether oxygens (including phenoxy) is 1. The summed E-state index contributed by atoms with van der Waals surface area (Å²) in [6, 6.07) is 14.3. The van der Waals surface area contributed by atoms with Crippen molar-refractivity contribution in [1.82, 2.24) is 0 Å². The van der Waals surface area contributed by atoms with Gasteiger partial charge in [0.25, 0.3) is 0 Å². The van der Waals surface area contributed by atoms with Gasteiger partial charge in [-0.1, -0.05) is 42.5 Å². The molecule has 2 aromatic rings. The molecule has 0 heterocycles. The van der Waals surface area contributed by atoms with Gasteiger partial charge in [-0.3, -0.25) is 0 Å². The molecule has 0 aromatic heterocycles. The van der Waals surface area contributed by atoms with Crippen molar-refractivity contribution in [1.29, 1.82) is 0 Å². The Morgan fingerprint density at radius 1 is 1.10 bits per heavy atom. The van der Waals surface area contributed by atoms with E-state index in [-0.39, 0.29) is 0 Å². The van der Waals surface area contributed by atoms with Crippen molar-refractivity contribution < 1.29 is 4.74 Å². The number of thiocarbonyl (C=S) groups is 1. The van der Waals surface area contributed by atoms with Gasteiger partial charge in [0.15, 0.2) is 0 Å². The third kappa shape index (κ3) is 3.58. The molecule has 0 fully saturated rings. The SMILES string of the molecule is Cc1cc(C(N)=S)cc(C)c1OCCc1ccccc1. The summed E-state index contributed by atoms with van der Waals surface area (Å²) in [4.78, 5) is 0.423. The number of benzene rings is 2. The summed E-state index contributed by atoms with van der Waals surface area (Å²) in [5.74, 6) is 0.931. The lowest BCUT2D eigenvalue weighted by Gasteiger charge is -2.14. The van der Waals surface area contributed by atoms with Gasteiger partial charge in [0.1, 0.15) is 10.7 Å². The Morgan fingerprint density at radius 2 is 1.70 bits per heavy atom. The Hall–Kier alpha value is -1.87. The highest BCUT2D eigenvalue weighted by Gasteiger charge is 2.08. The third-order valence-electron chi connectivity index (χ3n) is 3.22. The molecule has 0 bridgehead atoms. The van der Waals surface area contributed by atoms with E-state index < -0.39 is 0 Å². The van der Waals surface area contributed by atoms with Gasteiger partial charge >= 0.3 is 0 Å². The monoisotopic (exact) mass is 285 g/mol. The molecule has 0 aliphatic carbocycles. The van der Waals surface area contributed by atoms with Crippen molar-refractivity contribution in [3.8, 4) is 5.75 Å². The molecule has 104 valence electrons. The van der Waals surface area contributed by atoms with Crippen LogP contribution in [0.4, 0.5) is 0 Å². The number of hydrogen-bond acceptors (Lipinski definition) is 2. The van der Waals surface area contributed by atoms with Gasteiger partial charge in [-0.25, -0.2) is 0 Å². The van der Waals surface area contributed by atoms with Crippen molar-refractivity contribution in [2.45, 2.75) is 20.3 Å². The van der Waals surface area contributed by atoms with Gasteiger partial charge in [0.2, 0.25) is 0 Å². The van der Waals surface area contributed by atoms with E-state index >= 15 is 0 Å². The summed E-state index contributed by atoms with van der Waals surface area (Å²) in [7, 11) is 0. The van der Waals surface area contributed by atoms with E-state index in [1.54, 1.807) is 0 Å². The third-order valence-corrected chi connectivity index (χ3v) is 3.46. The molecular formula is C17H19NOS. The molecule has 0 spiro atoms. The topological polar surface area (TPSA) is 35.2 Å². The summed E-state index contributed by atoms with van der Waals surface area (Å²) < 4.78 is 5.92. The van der Waals surface area contributed by atoms with Crippen LogP contribution in [0.15, 0.2) is 42.5 Å². The Labute approximate surface area is 125 Å². The fourth-order valence-electron chi connectivity index (χ4n) is 2.24. The van der Waals surface area contributed by atoms with E-state index in [1.807, 2.05) is 44.2 Å². The fourth-order valence-corrected chi connectivity index (χ4v) is 2.35. The van der Waals surface area contributed by atoms with E-state index in [0.29, 0.717) is 11.6 Å². The van der Waals surface area contributed by atoms with Crippen molar-refractivity contribution >= 4 is 17.2 Å². The normalized spacial score (nSPS) is 10.3. The van der Waals surface area contributed by atoms with Crippen LogP contribution in [0.5, 0.6) is 5.75 Å². The van der Waals surface area contributed by atoms with Crippen LogP contribution in [0.1, 0.15) is 22.3 Å². The Kier molecular flexibility index (Phi) is 4.74. The Morgan fingerprint density at radius 3 is 2.25 bits per heavy atom. The van der Waals surface area contributed by atoms with Crippen molar-refractivity contribution in [3.05, 3.63) is 64.7 Å². The average Bonchev–Trinajstić information content (AvgIpc) is 2.42. The first-order valence-corrected chi connectivity index (χ1v) is 7.06. The van der Waals surface area contributed by atoms with Crippen LogP contribution in [0.25, 0.3) is 0 Å². The maximum atomic E-state index is 5.92. The number of aryl methyl sites for hydroxylation is 2. The smallest absolute Gasteiger partial charge is 0.125 e. The molecular weight excluding hydrogens is 266 g/mol. The van der Waals surface area contributed by atoms with Crippen molar-refractivity contribution in [2.24, 2.45) is 5.73 Å². The molecule has 0 aliphatic heterocycles. The maximum absolute atomic E-state index is 5.92. The first kappa shape index (κ1) is 14.5. The predicted octanol–water partition coefficient (Wildman–Crippen LogP) is 3.56. The summed E-state index contributed by atoms with van der Waals surface area (Å²) in [5, 5.41) is 0. The maximum Gasteiger partial charge on any atom is 0.125 e. The van der Waals surface area contributed by atoms with Crippen LogP contribution < -0.4 is 10.5 Å². The van der Waals surface area contributed by atoms with Gasteiger partial charge in [-0.15, -0.1) is 0 Å². The van der Waals surface area contributed by atoms with Crippen LogP contribution in [-0.2, 0) is 6.42 Å². The quantitative estimate of drug-likeness (QED) is 0.853. The van der Waals surface area contributed by atoms with E-state index in [4.69, 9.17) is 22.7 Å².